The first-order valence-electron chi connectivity index (χ1n) is 8.57. The largest absolute Gasteiger partial charge is 0.496 e. The summed E-state index contributed by atoms with van der Waals surface area (Å²) in [6.07, 6.45) is 2.12. The average Bonchev–Trinajstić information content (AvgIpc) is 2.64. The number of hydrogen-bond donors (Lipinski definition) is 0. The van der Waals surface area contributed by atoms with Crippen molar-refractivity contribution in [3.8, 4) is 28.0 Å². The minimum atomic E-state index is 1.01. The second-order valence-corrected chi connectivity index (χ2v) is 6.10. The predicted octanol–water partition coefficient (Wildman–Crippen LogP) is 6.29. The summed E-state index contributed by atoms with van der Waals surface area (Å²) in [5.41, 5.74) is 7.52. The quantitative estimate of drug-likeness (QED) is 0.537. The van der Waals surface area contributed by atoms with Crippen LogP contribution in [-0.2, 0) is 6.42 Å². The van der Waals surface area contributed by atoms with Crippen LogP contribution in [-0.4, -0.2) is 7.11 Å². The normalized spacial score (nSPS) is 10.6. The first-order valence-corrected chi connectivity index (χ1v) is 8.57. The number of ether oxygens (including phenoxy) is 1. The molecule has 1 heteroatoms. The van der Waals surface area contributed by atoms with Gasteiger partial charge in [0.2, 0.25) is 0 Å². The van der Waals surface area contributed by atoms with Gasteiger partial charge in [-0.25, -0.2) is 0 Å². The summed E-state index contributed by atoms with van der Waals surface area (Å²) in [5.74, 6) is 1.01. The number of benzene rings is 3. The molecular formula is C23H24O. The van der Waals surface area contributed by atoms with Crippen LogP contribution >= 0.6 is 0 Å². The summed E-state index contributed by atoms with van der Waals surface area (Å²) in [6.45, 7) is 4.41. The van der Waals surface area contributed by atoms with E-state index in [2.05, 4.69) is 80.6 Å². The Balaban J connectivity index is 2.31. The fourth-order valence-electron chi connectivity index (χ4n) is 3.37. The van der Waals surface area contributed by atoms with Crippen LogP contribution < -0.4 is 4.74 Å². The van der Waals surface area contributed by atoms with Gasteiger partial charge in [-0.3, -0.25) is 0 Å². The number of aryl methyl sites for hydroxylation is 1. The zero-order valence-corrected chi connectivity index (χ0v) is 14.7. The molecule has 0 fully saturated rings. The van der Waals surface area contributed by atoms with E-state index in [0.29, 0.717) is 0 Å². The molecule has 24 heavy (non-hydrogen) atoms. The van der Waals surface area contributed by atoms with E-state index in [1.165, 1.54) is 33.4 Å². The Labute approximate surface area is 144 Å². The molecule has 3 aromatic carbocycles. The Morgan fingerprint density at radius 2 is 1.42 bits per heavy atom. The standard InChI is InChI=1S/C23H24O/c1-4-11-20-16-21(18-12-7-5-8-13-18)17(2)22(23(20)24-3)19-14-9-6-10-15-19/h5-10,12-16H,4,11H2,1-3H3. The van der Waals surface area contributed by atoms with Crippen molar-refractivity contribution in [2.24, 2.45) is 0 Å². The van der Waals surface area contributed by atoms with Gasteiger partial charge in [0.15, 0.2) is 0 Å². The summed E-state index contributed by atoms with van der Waals surface area (Å²) in [6, 6.07) is 23.5. The average molecular weight is 316 g/mol. The third kappa shape index (κ3) is 3.07. The van der Waals surface area contributed by atoms with Crippen molar-refractivity contribution in [3.05, 3.63) is 77.9 Å². The van der Waals surface area contributed by atoms with E-state index in [1.807, 2.05) is 0 Å². The van der Waals surface area contributed by atoms with E-state index in [0.717, 1.165) is 18.6 Å². The van der Waals surface area contributed by atoms with Gasteiger partial charge < -0.3 is 4.74 Å². The first kappa shape index (κ1) is 16.3. The van der Waals surface area contributed by atoms with Crippen molar-refractivity contribution in [2.75, 3.05) is 7.11 Å². The Morgan fingerprint density at radius 3 is 1.96 bits per heavy atom. The Bertz CT molecular complexity index is 804. The van der Waals surface area contributed by atoms with Crippen molar-refractivity contribution in [2.45, 2.75) is 26.7 Å². The van der Waals surface area contributed by atoms with Crippen LogP contribution in [0.4, 0.5) is 0 Å². The van der Waals surface area contributed by atoms with Crippen LogP contribution in [0.2, 0.25) is 0 Å². The van der Waals surface area contributed by atoms with Crippen molar-refractivity contribution in [1.29, 1.82) is 0 Å². The summed E-state index contributed by atoms with van der Waals surface area (Å²) in [5, 5.41) is 0. The molecule has 0 spiro atoms. The van der Waals surface area contributed by atoms with Gasteiger partial charge in [0, 0.05) is 5.56 Å². The molecule has 0 unspecified atom stereocenters. The van der Waals surface area contributed by atoms with E-state index in [1.54, 1.807) is 7.11 Å². The van der Waals surface area contributed by atoms with Crippen LogP contribution in [0, 0.1) is 6.92 Å². The minimum Gasteiger partial charge on any atom is -0.496 e. The molecule has 0 heterocycles. The first-order chi connectivity index (χ1) is 11.8. The van der Waals surface area contributed by atoms with Crippen molar-refractivity contribution in [1.82, 2.24) is 0 Å². The van der Waals surface area contributed by atoms with Crippen LogP contribution in [0.5, 0.6) is 5.75 Å². The highest BCUT2D eigenvalue weighted by Gasteiger charge is 2.18. The van der Waals surface area contributed by atoms with Crippen LogP contribution in [0.25, 0.3) is 22.3 Å². The summed E-state index contributed by atoms with van der Waals surface area (Å²) in [4.78, 5) is 0. The van der Waals surface area contributed by atoms with Gasteiger partial charge in [0.25, 0.3) is 0 Å². The van der Waals surface area contributed by atoms with E-state index in [9.17, 15) is 0 Å². The monoisotopic (exact) mass is 316 g/mol. The van der Waals surface area contributed by atoms with Gasteiger partial charge in [-0.15, -0.1) is 0 Å². The molecule has 0 aliphatic heterocycles. The summed E-state index contributed by atoms with van der Waals surface area (Å²) < 4.78 is 5.86. The van der Waals surface area contributed by atoms with Crippen molar-refractivity contribution >= 4 is 0 Å². The SMILES string of the molecule is CCCc1cc(-c2ccccc2)c(C)c(-c2ccccc2)c1OC. The van der Waals surface area contributed by atoms with Gasteiger partial charge >= 0.3 is 0 Å². The highest BCUT2D eigenvalue weighted by molar-refractivity contribution is 5.84. The third-order valence-corrected chi connectivity index (χ3v) is 4.49. The van der Waals surface area contributed by atoms with Gasteiger partial charge in [-0.05, 0) is 47.2 Å². The third-order valence-electron chi connectivity index (χ3n) is 4.49. The fourth-order valence-corrected chi connectivity index (χ4v) is 3.37. The number of rotatable bonds is 5. The maximum Gasteiger partial charge on any atom is 0.130 e. The molecule has 122 valence electrons. The van der Waals surface area contributed by atoms with Crippen molar-refractivity contribution in [3.63, 3.8) is 0 Å². The highest BCUT2D eigenvalue weighted by Crippen LogP contribution is 2.41. The Kier molecular flexibility index (Phi) is 5.00. The molecule has 0 aliphatic rings. The minimum absolute atomic E-state index is 1.01. The van der Waals surface area contributed by atoms with Gasteiger partial charge in [0.05, 0.1) is 7.11 Å². The van der Waals surface area contributed by atoms with Gasteiger partial charge in [-0.2, -0.15) is 0 Å². The maximum absolute atomic E-state index is 5.86. The molecule has 0 bridgehead atoms. The topological polar surface area (TPSA) is 9.23 Å². The predicted molar refractivity (Wildman–Crippen MR) is 103 cm³/mol. The van der Waals surface area contributed by atoms with Gasteiger partial charge in [0.1, 0.15) is 5.75 Å². The van der Waals surface area contributed by atoms with Gasteiger partial charge in [-0.1, -0.05) is 74.0 Å². The van der Waals surface area contributed by atoms with E-state index in [4.69, 9.17) is 4.74 Å². The summed E-state index contributed by atoms with van der Waals surface area (Å²) in [7, 11) is 1.78. The molecule has 0 saturated heterocycles. The lowest BCUT2D eigenvalue weighted by Gasteiger charge is -2.20. The van der Waals surface area contributed by atoms with Crippen LogP contribution in [0.3, 0.4) is 0 Å². The molecule has 0 N–H and O–H groups in total. The Hall–Kier alpha value is -2.54. The molecule has 3 aromatic rings. The highest BCUT2D eigenvalue weighted by atomic mass is 16.5. The smallest absolute Gasteiger partial charge is 0.130 e. The molecule has 3 rings (SSSR count). The molecule has 0 aromatic heterocycles. The van der Waals surface area contributed by atoms with E-state index in [-0.39, 0.29) is 0 Å². The molecule has 0 radical (unpaired) electrons. The van der Waals surface area contributed by atoms with E-state index >= 15 is 0 Å². The molecule has 0 amide bonds. The zero-order valence-electron chi connectivity index (χ0n) is 14.7. The second-order valence-electron chi connectivity index (χ2n) is 6.10. The number of methoxy groups -OCH3 is 1. The van der Waals surface area contributed by atoms with Crippen molar-refractivity contribution < 1.29 is 4.74 Å². The second kappa shape index (κ2) is 7.35. The summed E-state index contributed by atoms with van der Waals surface area (Å²) >= 11 is 0. The molecule has 0 atom stereocenters. The van der Waals surface area contributed by atoms with E-state index < -0.39 is 0 Å². The lowest BCUT2D eigenvalue weighted by molar-refractivity contribution is 0.411. The fraction of sp³-hybridized carbons (Fsp3) is 0.217. The maximum atomic E-state index is 5.86. The molecule has 0 aliphatic carbocycles. The molecular weight excluding hydrogens is 292 g/mol. The molecule has 0 saturated carbocycles. The number of hydrogen-bond acceptors (Lipinski definition) is 1. The lowest BCUT2D eigenvalue weighted by Crippen LogP contribution is -2.00. The van der Waals surface area contributed by atoms with Crippen LogP contribution in [0.1, 0.15) is 24.5 Å². The van der Waals surface area contributed by atoms with Crippen LogP contribution in [0.15, 0.2) is 66.7 Å². The lowest BCUT2D eigenvalue weighted by atomic mass is 9.88. The Morgan fingerprint density at radius 1 is 0.833 bits per heavy atom. The molecule has 1 nitrogen and oxygen atoms in total. The zero-order chi connectivity index (χ0) is 16.9.